The maximum Gasteiger partial charge on any atom is 0.268 e. The molecule has 0 radical (unpaired) electrons. The number of hydrogen-bond donors (Lipinski definition) is 2. The maximum absolute atomic E-state index is 11.9. The SMILES string of the molecule is CC1CC(CN)CN1Cc1nc2ccsc2c(=O)[nH]1. The Morgan fingerprint density at radius 3 is 3.21 bits per heavy atom. The highest BCUT2D eigenvalue weighted by Crippen LogP contribution is 2.23. The quantitative estimate of drug-likeness (QED) is 0.883. The van der Waals surface area contributed by atoms with Crippen molar-refractivity contribution in [1.29, 1.82) is 0 Å². The fourth-order valence-electron chi connectivity index (χ4n) is 2.80. The Kier molecular flexibility index (Phi) is 3.38. The van der Waals surface area contributed by atoms with E-state index in [-0.39, 0.29) is 5.56 Å². The van der Waals surface area contributed by atoms with E-state index in [9.17, 15) is 4.79 Å². The van der Waals surface area contributed by atoms with Crippen molar-refractivity contribution in [2.45, 2.75) is 25.9 Å². The summed E-state index contributed by atoms with van der Waals surface area (Å²) in [6.07, 6.45) is 1.13. The molecule has 3 rings (SSSR count). The van der Waals surface area contributed by atoms with Gasteiger partial charge in [0.1, 0.15) is 10.5 Å². The van der Waals surface area contributed by atoms with E-state index in [1.807, 2.05) is 11.4 Å². The van der Waals surface area contributed by atoms with Gasteiger partial charge in [-0.15, -0.1) is 11.3 Å². The maximum atomic E-state index is 11.9. The zero-order chi connectivity index (χ0) is 13.4. The summed E-state index contributed by atoms with van der Waals surface area (Å²) < 4.78 is 0.707. The number of aromatic nitrogens is 2. The molecule has 0 aromatic carbocycles. The van der Waals surface area contributed by atoms with Crippen LogP contribution in [-0.2, 0) is 6.54 Å². The van der Waals surface area contributed by atoms with Crippen LogP contribution in [0, 0.1) is 5.92 Å². The first-order chi connectivity index (χ1) is 9.17. The summed E-state index contributed by atoms with van der Waals surface area (Å²) in [4.78, 5) is 21.7. The molecule has 19 heavy (non-hydrogen) atoms. The predicted molar refractivity (Wildman–Crippen MR) is 77.3 cm³/mol. The van der Waals surface area contributed by atoms with Gasteiger partial charge in [0.05, 0.1) is 12.1 Å². The van der Waals surface area contributed by atoms with Crippen LogP contribution in [0.5, 0.6) is 0 Å². The normalized spacial score (nSPS) is 24.3. The lowest BCUT2D eigenvalue weighted by atomic mass is 10.1. The van der Waals surface area contributed by atoms with Crippen molar-refractivity contribution in [2.75, 3.05) is 13.1 Å². The van der Waals surface area contributed by atoms with E-state index in [1.54, 1.807) is 0 Å². The van der Waals surface area contributed by atoms with Crippen LogP contribution in [-0.4, -0.2) is 34.0 Å². The van der Waals surface area contributed by atoms with Crippen molar-refractivity contribution in [3.63, 3.8) is 0 Å². The molecular formula is C13H18N4OS. The van der Waals surface area contributed by atoms with Gasteiger partial charge in [-0.1, -0.05) is 0 Å². The number of likely N-dealkylation sites (tertiary alicyclic amines) is 1. The van der Waals surface area contributed by atoms with Gasteiger partial charge in [-0.25, -0.2) is 4.98 Å². The van der Waals surface area contributed by atoms with E-state index in [1.165, 1.54) is 11.3 Å². The van der Waals surface area contributed by atoms with E-state index >= 15 is 0 Å². The van der Waals surface area contributed by atoms with Gasteiger partial charge in [-0.2, -0.15) is 0 Å². The summed E-state index contributed by atoms with van der Waals surface area (Å²) in [6.45, 7) is 4.62. The highest BCUT2D eigenvalue weighted by Gasteiger charge is 2.28. The van der Waals surface area contributed by atoms with Crippen molar-refractivity contribution in [3.8, 4) is 0 Å². The van der Waals surface area contributed by atoms with Gasteiger partial charge >= 0.3 is 0 Å². The lowest BCUT2D eigenvalue weighted by Gasteiger charge is -2.20. The van der Waals surface area contributed by atoms with Crippen LogP contribution in [0.4, 0.5) is 0 Å². The molecule has 2 atom stereocenters. The highest BCUT2D eigenvalue weighted by atomic mass is 32.1. The minimum atomic E-state index is -0.0303. The van der Waals surface area contributed by atoms with Crippen LogP contribution in [0.2, 0.25) is 0 Å². The summed E-state index contributed by atoms with van der Waals surface area (Å²) in [5.74, 6) is 1.31. The summed E-state index contributed by atoms with van der Waals surface area (Å²) in [7, 11) is 0. The number of nitrogens with one attached hydrogen (secondary N) is 1. The highest BCUT2D eigenvalue weighted by molar-refractivity contribution is 7.17. The summed E-state index contributed by atoms with van der Waals surface area (Å²) >= 11 is 1.43. The van der Waals surface area contributed by atoms with Crippen LogP contribution in [0.1, 0.15) is 19.2 Å². The van der Waals surface area contributed by atoms with Crippen molar-refractivity contribution in [1.82, 2.24) is 14.9 Å². The van der Waals surface area contributed by atoms with Crippen LogP contribution in [0.25, 0.3) is 10.2 Å². The third kappa shape index (κ3) is 2.43. The van der Waals surface area contributed by atoms with Gasteiger partial charge in [-0.3, -0.25) is 9.69 Å². The molecule has 3 heterocycles. The Bertz CT molecular complexity index is 635. The fourth-order valence-corrected chi connectivity index (χ4v) is 3.52. The number of nitrogens with zero attached hydrogens (tertiary/aromatic N) is 2. The summed E-state index contributed by atoms with van der Waals surface area (Å²) in [5.41, 5.74) is 6.50. The topological polar surface area (TPSA) is 75.0 Å². The largest absolute Gasteiger partial charge is 0.330 e. The molecule has 0 aliphatic carbocycles. The van der Waals surface area contributed by atoms with Gasteiger partial charge in [0.2, 0.25) is 0 Å². The standard InChI is InChI=1S/C13H18N4OS/c1-8-4-9(5-14)6-17(8)7-11-15-10-2-3-19-12(10)13(18)16-11/h2-3,8-9H,4-7,14H2,1H3,(H,15,16,18). The zero-order valence-corrected chi connectivity index (χ0v) is 11.7. The van der Waals surface area contributed by atoms with Gasteiger partial charge in [0.25, 0.3) is 5.56 Å². The van der Waals surface area contributed by atoms with Crippen LogP contribution in [0.3, 0.4) is 0 Å². The Balaban J connectivity index is 1.83. The van der Waals surface area contributed by atoms with Crippen LogP contribution >= 0.6 is 11.3 Å². The lowest BCUT2D eigenvalue weighted by Crippen LogP contribution is -2.29. The van der Waals surface area contributed by atoms with Crippen molar-refractivity contribution in [2.24, 2.45) is 11.7 Å². The molecule has 2 aromatic rings. The minimum absolute atomic E-state index is 0.0303. The number of thiophene rings is 1. The molecule has 0 saturated carbocycles. The lowest BCUT2D eigenvalue weighted by molar-refractivity contribution is 0.249. The van der Waals surface area contributed by atoms with E-state index < -0.39 is 0 Å². The first-order valence-electron chi connectivity index (χ1n) is 6.58. The number of fused-ring (bicyclic) bond motifs is 1. The summed E-state index contributed by atoms with van der Waals surface area (Å²) in [6, 6.07) is 2.39. The van der Waals surface area contributed by atoms with Gasteiger partial charge in [-0.05, 0) is 37.3 Å². The van der Waals surface area contributed by atoms with Crippen LogP contribution < -0.4 is 11.3 Å². The average Bonchev–Trinajstić information content (AvgIpc) is 2.97. The molecule has 2 unspecified atom stereocenters. The second-order valence-corrected chi connectivity index (χ2v) is 6.18. The molecule has 0 amide bonds. The van der Waals surface area contributed by atoms with E-state index in [2.05, 4.69) is 21.8 Å². The summed E-state index contributed by atoms with van der Waals surface area (Å²) in [5, 5.41) is 1.90. The Morgan fingerprint density at radius 2 is 2.47 bits per heavy atom. The van der Waals surface area contributed by atoms with Gasteiger partial charge in [0.15, 0.2) is 0 Å². The minimum Gasteiger partial charge on any atom is -0.330 e. The second kappa shape index (κ2) is 5.03. The zero-order valence-electron chi connectivity index (χ0n) is 10.9. The third-order valence-corrected chi connectivity index (χ3v) is 4.74. The van der Waals surface area contributed by atoms with Crippen LogP contribution in [0.15, 0.2) is 16.2 Å². The molecule has 6 heteroatoms. The van der Waals surface area contributed by atoms with E-state index in [4.69, 9.17) is 5.73 Å². The number of rotatable bonds is 3. The molecule has 0 spiro atoms. The molecule has 1 aliphatic rings. The Hall–Kier alpha value is -1.24. The second-order valence-electron chi connectivity index (χ2n) is 5.26. The average molecular weight is 278 g/mol. The molecular weight excluding hydrogens is 260 g/mol. The first-order valence-corrected chi connectivity index (χ1v) is 7.46. The first kappa shape index (κ1) is 12.8. The molecule has 3 N–H and O–H groups in total. The molecule has 1 saturated heterocycles. The number of aromatic amines is 1. The molecule has 5 nitrogen and oxygen atoms in total. The van der Waals surface area contributed by atoms with Crippen molar-refractivity contribution < 1.29 is 0 Å². The molecule has 2 aromatic heterocycles. The molecule has 0 bridgehead atoms. The number of H-pyrrole nitrogens is 1. The van der Waals surface area contributed by atoms with E-state index in [0.29, 0.717) is 23.2 Å². The number of hydrogen-bond acceptors (Lipinski definition) is 5. The third-order valence-electron chi connectivity index (χ3n) is 3.84. The van der Waals surface area contributed by atoms with Crippen molar-refractivity contribution >= 4 is 21.6 Å². The Labute approximate surface area is 115 Å². The van der Waals surface area contributed by atoms with Crippen molar-refractivity contribution in [3.05, 3.63) is 27.6 Å². The van der Waals surface area contributed by atoms with Gasteiger partial charge in [0, 0.05) is 12.6 Å². The molecule has 1 fully saturated rings. The number of nitrogens with two attached hydrogens (primary N) is 1. The molecule has 102 valence electrons. The smallest absolute Gasteiger partial charge is 0.268 e. The molecule has 1 aliphatic heterocycles. The Morgan fingerprint density at radius 1 is 1.63 bits per heavy atom. The monoisotopic (exact) mass is 278 g/mol. The van der Waals surface area contributed by atoms with Gasteiger partial charge < -0.3 is 10.7 Å². The fraction of sp³-hybridized carbons (Fsp3) is 0.538. The van der Waals surface area contributed by atoms with E-state index in [0.717, 1.165) is 30.9 Å². The predicted octanol–water partition coefficient (Wildman–Crippen LogP) is 1.15.